The third-order valence-electron chi connectivity index (χ3n) is 4.57. The number of furan rings is 1. The van der Waals surface area contributed by atoms with Crippen LogP contribution in [0.5, 0.6) is 0 Å². The number of aryl methyl sites for hydroxylation is 1. The van der Waals surface area contributed by atoms with Gasteiger partial charge >= 0.3 is 0 Å². The minimum Gasteiger partial charge on any atom is -0.457 e. The summed E-state index contributed by atoms with van der Waals surface area (Å²) in [4.78, 5) is 26.6. The largest absolute Gasteiger partial charge is 0.457 e. The van der Waals surface area contributed by atoms with E-state index in [4.69, 9.17) is 16.0 Å². The van der Waals surface area contributed by atoms with Crippen molar-refractivity contribution in [1.29, 1.82) is 0 Å². The van der Waals surface area contributed by atoms with Gasteiger partial charge in [-0.05, 0) is 54.4 Å². The summed E-state index contributed by atoms with van der Waals surface area (Å²) in [7, 11) is 0. The van der Waals surface area contributed by atoms with Crippen LogP contribution in [0.1, 0.15) is 17.7 Å². The van der Waals surface area contributed by atoms with Gasteiger partial charge in [-0.1, -0.05) is 54.1 Å². The van der Waals surface area contributed by atoms with Gasteiger partial charge in [0.05, 0.1) is 4.91 Å². The Morgan fingerprint density at radius 1 is 1.00 bits per heavy atom. The van der Waals surface area contributed by atoms with Crippen molar-refractivity contribution < 1.29 is 14.0 Å². The Bertz CT molecular complexity index is 1070. The molecule has 4 rings (SSSR count). The second-order valence-electron chi connectivity index (χ2n) is 6.63. The molecule has 0 aliphatic carbocycles. The van der Waals surface area contributed by atoms with E-state index in [0.29, 0.717) is 28.0 Å². The molecule has 29 heavy (non-hydrogen) atoms. The van der Waals surface area contributed by atoms with Crippen LogP contribution in [0.15, 0.2) is 76.1 Å². The highest BCUT2D eigenvalue weighted by Gasteiger charge is 2.34. The van der Waals surface area contributed by atoms with Crippen LogP contribution >= 0.6 is 23.4 Å². The zero-order valence-corrected chi connectivity index (χ0v) is 17.1. The van der Waals surface area contributed by atoms with Gasteiger partial charge in [-0.2, -0.15) is 0 Å². The third-order valence-corrected chi connectivity index (χ3v) is 5.72. The molecule has 2 heterocycles. The first-order valence-corrected chi connectivity index (χ1v) is 10.4. The van der Waals surface area contributed by atoms with Crippen LogP contribution in [0.3, 0.4) is 0 Å². The summed E-state index contributed by atoms with van der Waals surface area (Å²) in [6.07, 6.45) is 3.17. The Labute approximate surface area is 178 Å². The zero-order valence-electron chi connectivity index (χ0n) is 15.5. The summed E-state index contributed by atoms with van der Waals surface area (Å²) in [6.45, 7) is 0.406. The Hall–Kier alpha value is -2.76. The summed E-state index contributed by atoms with van der Waals surface area (Å²) in [5, 5.41) is 0.382. The number of nitrogens with zero attached hydrogens (tertiary/aromatic N) is 1. The lowest BCUT2D eigenvalue weighted by atomic mass is 10.1. The predicted octanol–water partition coefficient (Wildman–Crippen LogP) is 6.27. The van der Waals surface area contributed by atoms with Gasteiger partial charge in [0.1, 0.15) is 11.5 Å². The quantitative estimate of drug-likeness (QED) is 0.438. The highest BCUT2D eigenvalue weighted by atomic mass is 35.5. The second kappa shape index (κ2) is 8.72. The number of hydrogen-bond donors (Lipinski definition) is 0. The maximum atomic E-state index is 12.6. The lowest BCUT2D eigenvalue weighted by Gasteiger charge is -2.11. The summed E-state index contributed by atoms with van der Waals surface area (Å²) in [5.41, 5.74) is 2.05. The lowest BCUT2D eigenvalue weighted by Crippen LogP contribution is -2.29. The normalized spacial score (nSPS) is 15.5. The van der Waals surface area contributed by atoms with Gasteiger partial charge in [-0.3, -0.25) is 14.5 Å². The molecule has 0 N–H and O–H groups in total. The average Bonchev–Trinajstić information content (AvgIpc) is 3.29. The molecule has 0 saturated carbocycles. The van der Waals surface area contributed by atoms with Crippen LogP contribution in [0, 0.1) is 0 Å². The standard InChI is InChI=1S/C23H18ClNO3S/c24-18-10-4-9-17(14-18)20-12-11-19(28-20)15-21-22(26)25(23(27)29-21)13-5-8-16-6-2-1-3-7-16/h1-4,6-7,9-12,14-15H,5,8,13H2/b21-15+. The molecule has 0 atom stereocenters. The fourth-order valence-corrected chi connectivity index (χ4v) is 4.17. The van der Waals surface area contributed by atoms with E-state index in [9.17, 15) is 9.59 Å². The van der Waals surface area contributed by atoms with Gasteiger partial charge in [0, 0.05) is 23.2 Å². The molecule has 1 aliphatic heterocycles. The number of imide groups is 1. The van der Waals surface area contributed by atoms with Crippen molar-refractivity contribution in [2.75, 3.05) is 6.54 Å². The van der Waals surface area contributed by atoms with E-state index in [0.717, 1.165) is 30.2 Å². The smallest absolute Gasteiger partial charge is 0.293 e. The number of hydrogen-bond acceptors (Lipinski definition) is 4. The lowest BCUT2D eigenvalue weighted by molar-refractivity contribution is -0.122. The highest BCUT2D eigenvalue weighted by Crippen LogP contribution is 2.33. The maximum Gasteiger partial charge on any atom is 0.293 e. The average molecular weight is 424 g/mol. The molecule has 0 spiro atoms. The van der Waals surface area contributed by atoms with Crippen LogP contribution < -0.4 is 0 Å². The second-order valence-corrected chi connectivity index (χ2v) is 8.06. The maximum absolute atomic E-state index is 12.6. The zero-order chi connectivity index (χ0) is 20.2. The summed E-state index contributed by atoms with van der Waals surface area (Å²) in [5.74, 6) is 0.907. The van der Waals surface area contributed by atoms with Crippen molar-refractivity contribution in [3.63, 3.8) is 0 Å². The van der Waals surface area contributed by atoms with Gasteiger partial charge in [0.15, 0.2) is 0 Å². The van der Waals surface area contributed by atoms with Crippen LogP contribution in [-0.2, 0) is 11.2 Å². The van der Waals surface area contributed by atoms with Crippen molar-refractivity contribution in [1.82, 2.24) is 4.90 Å². The first-order chi connectivity index (χ1) is 14.1. The Morgan fingerprint density at radius 3 is 2.62 bits per heavy atom. The third kappa shape index (κ3) is 4.63. The minimum atomic E-state index is -0.270. The molecule has 1 aliphatic rings. The van der Waals surface area contributed by atoms with E-state index < -0.39 is 0 Å². The van der Waals surface area contributed by atoms with Gasteiger partial charge in [0.2, 0.25) is 0 Å². The molecule has 0 bridgehead atoms. The molecule has 1 aromatic heterocycles. The van der Waals surface area contributed by atoms with Gasteiger partial charge in [0.25, 0.3) is 11.1 Å². The Morgan fingerprint density at radius 2 is 1.83 bits per heavy atom. The van der Waals surface area contributed by atoms with E-state index in [1.165, 1.54) is 10.5 Å². The van der Waals surface area contributed by atoms with Crippen LogP contribution in [0.2, 0.25) is 5.02 Å². The molecule has 0 radical (unpaired) electrons. The Kier molecular flexibility index (Phi) is 5.88. The molecule has 1 fully saturated rings. The first-order valence-electron chi connectivity index (χ1n) is 9.25. The molecule has 146 valence electrons. The molecular weight excluding hydrogens is 406 g/mol. The Balaban J connectivity index is 1.42. The van der Waals surface area contributed by atoms with E-state index >= 15 is 0 Å². The van der Waals surface area contributed by atoms with E-state index in [1.807, 2.05) is 54.6 Å². The molecule has 2 amide bonds. The van der Waals surface area contributed by atoms with E-state index in [1.54, 1.807) is 18.2 Å². The summed E-state index contributed by atoms with van der Waals surface area (Å²) in [6, 6.07) is 21.0. The topological polar surface area (TPSA) is 50.5 Å². The van der Waals surface area contributed by atoms with Crippen molar-refractivity contribution in [2.24, 2.45) is 0 Å². The van der Waals surface area contributed by atoms with Crippen molar-refractivity contribution in [3.8, 4) is 11.3 Å². The fourth-order valence-electron chi connectivity index (χ4n) is 3.14. The molecule has 4 nitrogen and oxygen atoms in total. The first kappa shape index (κ1) is 19.6. The molecule has 6 heteroatoms. The van der Waals surface area contributed by atoms with Crippen molar-refractivity contribution >= 4 is 40.6 Å². The van der Waals surface area contributed by atoms with Gasteiger partial charge in [-0.25, -0.2) is 0 Å². The fraction of sp³-hybridized carbons (Fsp3) is 0.130. The summed E-state index contributed by atoms with van der Waals surface area (Å²) < 4.78 is 5.81. The molecule has 1 saturated heterocycles. The van der Waals surface area contributed by atoms with E-state index in [-0.39, 0.29) is 11.1 Å². The van der Waals surface area contributed by atoms with Gasteiger partial charge in [-0.15, -0.1) is 0 Å². The highest BCUT2D eigenvalue weighted by molar-refractivity contribution is 8.18. The van der Waals surface area contributed by atoms with Crippen LogP contribution in [0.4, 0.5) is 4.79 Å². The number of benzene rings is 2. The van der Waals surface area contributed by atoms with Crippen molar-refractivity contribution in [3.05, 3.63) is 88.0 Å². The van der Waals surface area contributed by atoms with E-state index in [2.05, 4.69) is 0 Å². The van der Waals surface area contributed by atoms with Gasteiger partial charge < -0.3 is 4.42 Å². The SMILES string of the molecule is O=C1S/C(=C/c2ccc(-c3cccc(Cl)c3)o2)C(=O)N1CCCc1ccccc1. The number of halogens is 1. The molecular formula is C23H18ClNO3S. The van der Waals surface area contributed by atoms with Crippen LogP contribution in [0.25, 0.3) is 17.4 Å². The minimum absolute atomic E-state index is 0.240. The summed E-state index contributed by atoms with van der Waals surface area (Å²) >= 11 is 6.97. The monoisotopic (exact) mass is 423 g/mol. The number of amides is 2. The number of thioether (sulfide) groups is 1. The van der Waals surface area contributed by atoms with Crippen LogP contribution in [-0.4, -0.2) is 22.6 Å². The predicted molar refractivity (Wildman–Crippen MR) is 117 cm³/mol. The number of rotatable bonds is 6. The number of carbonyl (C=O) groups is 2. The molecule has 0 unspecified atom stereocenters. The molecule has 3 aromatic rings. The van der Waals surface area contributed by atoms with Crippen molar-refractivity contribution in [2.45, 2.75) is 12.8 Å². The molecule has 2 aromatic carbocycles. The number of carbonyl (C=O) groups excluding carboxylic acids is 2.